The summed E-state index contributed by atoms with van der Waals surface area (Å²) >= 11 is 5.40. The van der Waals surface area contributed by atoms with Crippen molar-refractivity contribution in [3.63, 3.8) is 0 Å². The van der Waals surface area contributed by atoms with Gasteiger partial charge >= 0.3 is 0 Å². The zero-order chi connectivity index (χ0) is 15.8. The van der Waals surface area contributed by atoms with Crippen LogP contribution in [0.15, 0.2) is 36.5 Å². The van der Waals surface area contributed by atoms with Crippen molar-refractivity contribution >= 4 is 28.5 Å². The Morgan fingerprint density at radius 1 is 1.04 bits per heavy atom. The molecule has 0 unspecified atom stereocenters. The fourth-order valence-corrected chi connectivity index (χ4v) is 3.18. The highest BCUT2D eigenvalue weighted by Crippen LogP contribution is 2.38. The van der Waals surface area contributed by atoms with Crippen molar-refractivity contribution in [3.8, 4) is 11.5 Å². The molecule has 0 amide bonds. The van der Waals surface area contributed by atoms with E-state index in [0.29, 0.717) is 13.2 Å². The predicted octanol–water partition coefficient (Wildman–Crippen LogP) is 3.35. The van der Waals surface area contributed by atoms with Crippen molar-refractivity contribution in [2.75, 3.05) is 13.2 Å². The van der Waals surface area contributed by atoms with Gasteiger partial charge in [-0.25, -0.2) is 0 Å². The van der Waals surface area contributed by atoms with E-state index in [1.807, 2.05) is 31.3 Å². The molecule has 0 bridgehead atoms. The highest BCUT2D eigenvalue weighted by molar-refractivity contribution is 7.80. The lowest BCUT2D eigenvalue weighted by Gasteiger charge is -2.19. The van der Waals surface area contributed by atoms with Crippen LogP contribution in [0.3, 0.4) is 0 Å². The molecular weight excluding hydrogens is 308 g/mol. The van der Waals surface area contributed by atoms with Crippen LogP contribution >= 0.6 is 12.2 Å². The van der Waals surface area contributed by atoms with Gasteiger partial charge in [0.2, 0.25) is 0 Å². The van der Waals surface area contributed by atoms with E-state index in [1.54, 1.807) is 0 Å². The Labute approximate surface area is 140 Å². The Bertz CT molecular complexity index is 830. The highest BCUT2D eigenvalue weighted by atomic mass is 32.1. The summed E-state index contributed by atoms with van der Waals surface area (Å²) < 4.78 is 11.3. The Morgan fingerprint density at radius 3 is 2.70 bits per heavy atom. The molecule has 0 aliphatic carbocycles. The Kier molecular flexibility index (Phi) is 3.50. The van der Waals surface area contributed by atoms with Crippen LogP contribution in [-0.4, -0.2) is 23.2 Å². The fraction of sp³-hybridized carbons (Fsp3) is 0.222. The molecule has 0 spiro atoms. The molecule has 23 heavy (non-hydrogen) atoms. The first-order valence-electron chi connectivity index (χ1n) is 7.57. The van der Waals surface area contributed by atoms with Crippen molar-refractivity contribution in [2.45, 2.75) is 13.3 Å². The maximum Gasteiger partial charge on any atom is 0.161 e. The summed E-state index contributed by atoms with van der Waals surface area (Å²) in [6.45, 7) is 3.17. The number of thiocarbonyl (C=S) groups is 1. The number of rotatable bonds is 2. The summed E-state index contributed by atoms with van der Waals surface area (Å²) in [6.07, 6.45) is 2.55. The topological polar surface area (TPSA) is 43.4 Å². The van der Waals surface area contributed by atoms with Crippen LogP contribution in [0.1, 0.15) is 23.2 Å². The summed E-state index contributed by atoms with van der Waals surface area (Å²) in [5.41, 5.74) is 5.42. The zero-order valence-electron chi connectivity index (χ0n) is 12.8. The van der Waals surface area contributed by atoms with E-state index in [2.05, 4.69) is 22.4 Å². The molecule has 4 nitrogen and oxygen atoms in total. The molecule has 2 aliphatic rings. The summed E-state index contributed by atoms with van der Waals surface area (Å²) in [6, 6.07) is 10.1. The van der Waals surface area contributed by atoms with Gasteiger partial charge in [-0.1, -0.05) is 18.3 Å². The smallest absolute Gasteiger partial charge is 0.161 e. The molecule has 0 saturated heterocycles. The molecule has 4 rings (SSSR count). The molecule has 0 atom stereocenters. The predicted molar refractivity (Wildman–Crippen MR) is 93.6 cm³/mol. The highest BCUT2D eigenvalue weighted by Gasteiger charge is 2.23. The number of nitrogens with one attached hydrogen (secondary N) is 1. The molecule has 2 aliphatic heterocycles. The zero-order valence-corrected chi connectivity index (χ0v) is 13.6. The minimum atomic E-state index is 0.586. The molecule has 0 saturated carbocycles. The van der Waals surface area contributed by atoms with Crippen LogP contribution in [0, 0.1) is 6.92 Å². The van der Waals surface area contributed by atoms with E-state index in [-0.39, 0.29) is 0 Å². The second-order valence-corrected chi connectivity index (χ2v) is 6.12. The van der Waals surface area contributed by atoms with Crippen LogP contribution < -0.4 is 14.8 Å². The first-order valence-corrected chi connectivity index (χ1v) is 7.97. The number of fused-ring (bicyclic) bond motifs is 1. The van der Waals surface area contributed by atoms with Crippen LogP contribution in [0.25, 0.3) is 11.3 Å². The van der Waals surface area contributed by atoms with E-state index < -0.39 is 0 Å². The average Bonchev–Trinajstić information content (AvgIpc) is 2.96. The van der Waals surface area contributed by atoms with E-state index in [9.17, 15) is 0 Å². The summed E-state index contributed by atoms with van der Waals surface area (Å²) in [5.74, 6) is 1.60. The van der Waals surface area contributed by atoms with Gasteiger partial charge in [-0.2, -0.15) is 0 Å². The van der Waals surface area contributed by atoms with Crippen molar-refractivity contribution in [3.05, 3.63) is 53.3 Å². The molecule has 0 fully saturated rings. The Morgan fingerprint density at radius 2 is 1.87 bits per heavy atom. The van der Waals surface area contributed by atoms with Crippen LogP contribution in [0.2, 0.25) is 0 Å². The second kappa shape index (κ2) is 5.66. The van der Waals surface area contributed by atoms with Crippen molar-refractivity contribution in [1.82, 2.24) is 10.3 Å². The first kappa shape index (κ1) is 14.2. The lowest BCUT2D eigenvalue weighted by Crippen LogP contribution is -2.15. The van der Waals surface area contributed by atoms with Crippen LogP contribution in [0.5, 0.6) is 11.5 Å². The third-order valence-electron chi connectivity index (χ3n) is 3.98. The second-order valence-electron chi connectivity index (χ2n) is 5.62. The van der Waals surface area contributed by atoms with Crippen molar-refractivity contribution < 1.29 is 9.47 Å². The van der Waals surface area contributed by atoms with Crippen molar-refractivity contribution in [2.24, 2.45) is 0 Å². The maximum absolute atomic E-state index is 5.70. The summed E-state index contributed by atoms with van der Waals surface area (Å²) in [4.78, 5) is 5.10. The Hall–Kier alpha value is -2.40. The number of aryl methyl sites for hydroxylation is 1. The fourth-order valence-electron chi connectivity index (χ4n) is 2.93. The standard InChI is InChI=1S/C18H16N2O2S/c1-11-8-13(4-5-19-11)18-14(10-17(23)20-18)12-2-3-15-16(9-12)22-7-6-21-15/h2-5,8-9H,6-7,10H2,1H3,(H,20,23). The minimum absolute atomic E-state index is 0.586. The number of nitrogens with zero attached hydrogens (tertiary/aromatic N) is 1. The number of pyridine rings is 1. The maximum atomic E-state index is 5.70. The number of hydrogen-bond donors (Lipinski definition) is 1. The first-order chi connectivity index (χ1) is 11.2. The van der Waals surface area contributed by atoms with Gasteiger partial charge in [0.25, 0.3) is 0 Å². The van der Waals surface area contributed by atoms with E-state index in [0.717, 1.165) is 45.4 Å². The molecule has 1 N–H and O–H groups in total. The largest absolute Gasteiger partial charge is 0.486 e. The molecule has 3 heterocycles. The van der Waals surface area contributed by atoms with E-state index >= 15 is 0 Å². The molecule has 0 radical (unpaired) electrons. The monoisotopic (exact) mass is 324 g/mol. The van der Waals surface area contributed by atoms with Gasteiger partial charge in [-0.05, 0) is 42.3 Å². The number of ether oxygens (including phenoxy) is 2. The van der Waals surface area contributed by atoms with E-state index in [4.69, 9.17) is 21.7 Å². The number of aromatic nitrogens is 1. The summed E-state index contributed by atoms with van der Waals surface area (Å²) in [7, 11) is 0. The molecule has 1 aromatic heterocycles. The third kappa shape index (κ3) is 2.68. The molecule has 2 aromatic rings. The molecule has 5 heteroatoms. The Balaban J connectivity index is 1.81. The third-order valence-corrected chi connectivity index (χ3v) is 4.23. The molecule has 116 valence electrons. The van der Waals surface area contributed by atoms with Crippen LogP contribution in [0.4, 0.5) is 0 Å². The van der Waals surface area contributed by atoms with Crippen molar-refractivity contribution in [1.29, 1.82) is 0 Å². The van der Waals surface area contributed by atoms with Gasteiger partial charge in [-0.15, -0.1) is 0 Å². The van der Waals surface area contributed by atoms with Gasteiger partial charge < -0.3 is 14.8 Å². The molecule has 1 aromatic carbocycles. The van der Waals surface area contributed by atoms with Gasteiger partial charge in [-0.3, -0.25) is 4.98 Å². The lowest BCUT2D eigenvalue weighted by atomic mass is 9.99. The molecular formula is C18H16N2O2S. The van der Waals surface area contributed by atoms with Gasteiger partial charge in [0.15, 0.2) is 11.5 Å². The van der Waals surface area contributed by atoms with Crippen LogP contribution in [-0.2, 0) is 0 Å². The quantitative estimate of drug-likeness (QED) is 0.858. The lowest BCUT2D eigenvalue weighted by molar-refractivity contribution is 0.171. The van der Waals surface area contributed by atoms with Gasteiger partial charge in [0, 0.05) is 23.9 Å². The normalized spacial score (nSPS) is 16.5. The van der Waals surface area contributed by atoms with E-state index in [1.165, 1.54) is 5.57 Å². The summed E-state index contributed by atoms with van der Waals surface area (Å²) in [5, 5.41) is 3.34. The van der Waals surface area contributed by atoms with Gasteiger partial charge in [0.05, 0.1) is 10.7 Å². The minimum Gasteiger partial charge on any atom is -0.486 e. The SMILES string of the molecule is Cc1cc(C2=C(c3ccc4c(c3)OCCO4)CC(=S)N2)ccn1. The number of hydrogen-bond acceptors (Lipinski definition) is 4. The van der Waals surface area contributed by atoms with Gasteiger partial charge in [0.1, 0.15) is 13.2 Å². The number of benzene rings is 1. The average molecular weight is 324 g/mol.